The maximum absolute atomic E-state index is 12.6. The second-order valence-corrected chi connectivity index (χ2v) is 10.1. The van der Waals surface area contributed by atoms with Crippen molar-refractivity contribution in [2.75, 3.05) is 5.73 Å². The van der Waals surface area contributed by atoms with Crippen LogP contribution in [0.4, 0.5) is 10.6 Å². The van der Waals surface area contributed by atoms with Crippen LogP contribution in [0.2, 0.25) is 0 Å². The Morgan fingerprint density at radius 3 is 2.79 bits per heavy atom. The van der Waals surface area contributed by atoms with E-state index in [-0.39, 0.29) is 23.5 Å². The molecule has 3 aliphatic rings. The fourth-order valence-electron chi connectivity index (χ4n) is 5.63. The van der Waals surface area contributed by atoms with Gasteiger partial charge >= 0.3 is 6.16 Å². The van der Waals surface area contributed by atoms with E-state index < -0.39 is 35.7 Å². The van der Waals surface area contributed by atoms with E-state index in [2.05, 4.69) is 30.9 Å². The van der Waals surface area contributed by atoms with Crippen molar-refractivity contribution in [3.8, 4) is 6.07 Å². The van der Waals surface area contributed by atoms with Gasteiger partial charge in [0.25, 0.3) is 0 Å². The molecule has 8 atom stereocenters. The summed E-state index contributed by atoms with van der Waals surface area (Å²) in [6.07, 6.45) is -1.12. The number of aliphatic hydroxyl groups is 2. The van der Waals surface area contributed by atoms with Crippen LogP contribution < -0.4 is 5.73 Å². The number of anilines is 1. The molecule has 0 aromatic carbocycles. The zero-order chi connectivity index (χ0) is 24.4. The Bertz CT molecular complexity index is 1160. The summed E-state index contributed by atoms with van der Waals surface area (Å²) < 4.78 is 18.2. The molecule has 11 heteroatoms. The van der Waals surface area contributed by atoms with E-state index in [0.29, 0.717) is 17.4 Å². The second-order valence-electron chi connectivity index (χ2n) is 10.1. The average Bonchev–Trinajstić information content (AvgIpc) is 3.08. The topological polar surface area (TPSA) is 165 Å². The molecule has 0 radical (unpaired) electrons. The van der Waals surface area contributed by atoms with E-state index in [9.17, 15) is 20.3 Å². The first-order chi connectivity index (χ1) is 16.1. The molecule has 34 heavy (non-hydrogen) atoms. The highest BCUT2D eigenvalue weighted by Crippen LogP contribution is 2.59. The fraction of sp³-hybridized carbons (Fsp3) is 0.652. The quantitative estimate of drug-likeness (QED) is 0.557. The molecule has 2 saturated carbocycles. The minimum atomic E-state index is -1.95. The Labute approximate surface area is 196 Å². The van der Waals surface area contributed by atoms with Crippen LogP contribution in [0.3, 0.4) is 0 Å². The third kappa shape index (κ3) is 3.16. The number of carbonyl (C=O) groups is 1. The second kappa shape index (κ2) is 7.80. The summed E-state index contributed by atoms with van der Waals surface area (Å²) in [6, 6.07) is 5.09. The number of nitrogens with two attached hydrogens (primary N) is 1. The summed E-state index contributed by atoms with van der Waals surface area (Å²) in [7, 11) is 0. The van der Waals surface area contributed by atoms with Gasteiger partial charge in [-0.1, -0.05) is 27.2 Å². The molecule has 11 nitrogen and oxygen atoms in total. The number of carbonyl (C=O) groups excluding carboxylic acids is 1. The van der Waals surface area contributed by atoms with E-state index in [1.807, 2.05) is 6.07 Å². The van der Waals surface area contributed by atoms with Crippen molar-refractivity contribution < 1.29 is 29.2 Å². The lowest BCUT2D eigenvalue weighted by Crippen LogP contribution is -2.48. The lowest BCUT2D eigenvalue weighted by molar-refractivity contribution is -0.118. The lowest BCUT2D eigenvalue weighted by Gasteiger charge is -2.36. The van der Waals surface area contributed by atoms with Gasteiger partial charge in [0.05, 0.1) is 5.69 Å². The van der Waals surface area contributed by atoms with E-state index in [1.165, 1.54) is 16.9 Å². The van der Waals surface area contributed by atoms with Crippen molar-refractivity contribution in [2.24, 2.45) is 17.8 Å². The summed E-state index contributed by atoms with van der Waals surface area (Å²) in [5, 5.41) is 36.2. The van der Waals surface area contributed by atoms with Crippen molar-refractivity contribution >= 4 is 17.5 Å². The van der Waals surface area contributed by atoms with Crippen LogP contribution in [0.15, 0.2) is 18.5 Å². The van der Waals surface area contributed by atoms with Crippen molar-refractivity contribution in [3.63, 3.8) is 0 Å². The Morgan fingerprint density at radius 2 is 2.15 bits per heavy atom. The number of aliphatic hydroxyl groups excluding tert-OH is 1. The molecular weight excluding hydrogens is 442 g/mol. The summed E-state index contributed by atoms with van der Waals surface area (Å²) in [4.78, 5) is 16.5. The highest BCUT2D eigenvalue weighted by atomic mass is 16.8. The highest BCUT2D eigenvalue weighted by Gasteiger charge is 2.84. The molecule has 3 heterocycles. The molecule has 0 amide bonds. The van der Waals surface area contributed by atoms with Gasteiger partial charge in [0.2, 0.25) is 5.60 Å². The summed E-state index contributed by atoms with van der Waals surface area (Å²) in [5.41, 5.74) is 2.59. The number of nitrogen functional groups attached to an aromatic ring is 1. The number of hydrogen-bond acceptors (Lipinski definition) is 10. The van der Waals surface area contributed by atoms with Gasteiger partial charge in [-0.05, 0) is 42.7 Å². The van der Waals surface area contributed by atoms with Crippen molar-refractivity contribution in [2.45, 2.75) is 75.7 Å². The zero-order valence-electron chi connectivity index (χ0n) is 19.3. The minimum absolute atomic E-state index is 0.185. The standard InChI is InChI=1S/C23H29N5O6/c1-11(2)13-5-4-12(3)8-15(13)32-21(30)33-17-18-23(17,31)20(29)22(9-24,34-18)16-7-6-14-19(25)26-10-27-28(14)16/h6-7,10-13,15,17-18,20,29,31H,4-5,8H2,1-3H3,(H2,25,26,27)/t12-,13+,15-,17+,18-,20+,22+,23-/m1/s1. The first-order valence-electron chi connectivity index (χ1n) is 11.6. The van der Waals surface area contributed by atoms with Gasteiger partial charge in [-0.15, -0.1) is 0 Å². The van der Waals surface area contributed by atoms with Gasteiger partial charge in [-0.2, -0.15) is 10.4 Å². The van der Waals surface area contributed by atoms with Gasteiger partial charge < -0.3 is 30.2 Å². The van der Waals surface area contributed by atoms with Crippen LogP contribution in [0, 0.1) is 29.1 Å². The molecule has 1 aliphatic heterocycles. The molecule has 2 aromatic rings. The van der Waals surface area contributed by atoms with E-state index in [0.717, 1.165) is 19.3 Å². The molecule has 2 aromatic heterocycles. The van der Waals surface area contributed by atoms with Crippen LogP contribution in [0.1, 0.15) is 45.7 Å². The van der Waals surface area contributed by atoms with E-state index in [4.69, 9.17) is 19.9 Å². The van der Waals surface area contributed by atoms with Crippen LogP contribution in [0.25, 0.3) is 5.52 Å². The molecule has 1 saturated heterocycles. The lowest BCUT2D eigenvalue weighted by atomic mass is 9.75. The van der Waals surface area contributed by atoms with Gasteiger partial charge in [-0.3, -0.25) is 0 Å². The molecule has 3 fully saturated rings. The summed E-state index contributed by atoms with van der Waals surface area (Å²) >= 11 is 0. The summed E-state index contributed by atoms with van der Waals surface area (Å²) in [6.45, 7) is 6.33. The predicted molar refractivity (Wildman–Crippen MR) is 117 cm³/mol. The number of hydrogen-bond donors (Lipinski definition) is 3. The SMILES string of the molecule is CC(C)[C@@H]1CC[C@@H](C)C[C@H]1OC(=O)O[C@H]1[C@H]2O[C@@](C#N)(c3ccc4c(N)ncnn34)[C@H](O)[C@]21O. The molecule has 2 aliphatic carbocycles. The van der Waals surface area contributed by atoms with Gasteiger partial charge in [0, 0.05) is 0 Å². The Morgan fingerprint density at radius 1 is 1.38 bits per heavy atom. The van der Waals surface area contributed by atoms with Crippen LogP contribution in [-0.2, 0) is 19.8 Å². The number of nitriles is 1. The largest absolute Gasteiger partial charge is 0.509 e. The Hall–Kier alpha value is -2.94. The number of nitrogens with zero attached hydrogens (tertiary/aromatic N) is 4. The third-order valence-electron chi connectivity index (χ3n) is 7.67. The van der Waals surface area contributed by atoms with Crippen LogP contribution in [-0.4, -0.2) is 61.0 Å². The molecule has 4 N–H and O–H groups in total. The van der Waals surface area contributed by atoms with Gasteiger partial charge in [0.15, 0.2) is 17.5 Å². The number of fused-ring (bicyclic) bond motifs is 2. The third-order valence-corrected chi connectivity index (χ3v) is 7.67. The Balaban J connectivity index is 1.32. The monoisotopic (exact) mass is 471 g/mol. The van der Waals surface area contributed by atoms with Crippen molar-refractivity contribution in [3.05, 3.63) is 24.2 Å². The Kier molecular flexibility index (Phi) is 5.24. The highest BCUT2D eigenvalue weighted by molar-refractivity contribution is 5.66. The van der Waals surface area contributed by atoms with Gasteiger partial charge in [0.1, 0.15) is 36.2 Å². The number of rotatable bonds is 4. The van der Waals surface area contributed by atoms with E-state index in [1.54, 1.807) is 6.07 Å². The predicted octanol–water partition coefficient (Wildman–Crippen LogP) is 1.52. The van der Waals surface area contributed by atoms with Gasteiger partial charge in [-0.25, -0.2) is 14.3 Å². The van der Waals surface area contributed by atoms with E-state index >= 15 is 0 Å². The van der Waals surface area contributed by atoms with Crippen LogP contribution >= 0.6 is 0 Å². The van der Waals surface area contributed by atoms with Crippen molar-refractivity contribution in [1.29, 1.82) is 5.26 Å². The average molecular weight is 472 g/mol. The molecule has 0 spiro atoms. The first-order valence-corrected chi connectivity index (χ1v) is 11.6. The maximum Gasteiger partial charge on any atom is 0.509 e. The first kappa shape index (κ1) is 22.8. The minimum Gasteiger partial charge on any atom is -0.431 e. The molecule has 5 rings (SSSR count). The molecule has 182 valence electrons. The number of aromatic nitrogens is 3. The normalized spacial score (nSPS) is 39.0. The smallest absolute Gasteiger partial charge is 0.431 e. The fourth-order valence-corrected chi connectivity index (χ4v) is 5.63. The van der Waals surface area contributed by atoms with Crippen molar-refractivity contribution in [1.82, 2.24) is 14.6 Å². The van der Waals surface area contributed by atoms with Crippen LogP contribution in [0.5, 0.6) is 0 Å². The zero-order valence-corrected chi connectivity index (χ0v) is 19.3. The number of ether oxygens (including phenoxy) is 3. The molecular formula is C23H29N5O6. The summed E-state index contributed by atoms with van der Waals surface area (Å²) in [5.74, 6) is 1.21. The molecule has 0 unspecified atom stereocenters. The molecule has 0 bridgehead atoms. The maximum atomic E-state index is 12.6.